The van der Waals surface area contributed by atoms with E-state index in [0.29, 0.717) is 6.04 Å². The van der Waals surface area contributed by atoms with Crippen LogP contribution in [-0.2, 0) is 0 Å². The summed E-state index contributed by atoms with van der Waals surface area (Å²) >= 11 is 0. The summed E-state index contributed by atoms with van der Waals surface area (Å²) < 4.78 is 0. The number of nitrogens with zero attached hydrogens (tertiary/aromatic N) is 1. The first-order chi connectivity index (χ1) is 8.09. The molecule has 2 nitrogen and oxygen atoms in total. The second-order valence-electron chi connectivity index (χ2n) is 5.54. The van der Waals surface area contributed by atoms with Crippen LogP contribution >= 0.6 is 0 Å². The highest BCUT2D eigenvalue weighted by molar-refractivity contribution is 5.70. The fourth-order valence-electron chi connectivity index (χ4n) is 2.92. The lowest BCUT2D eigenvalue weighted by Crippen LogP contribution is -2.36. The summed E-state index contributed by atoms with van der Waals surface area (Å²) in [5.74, 6) is 0.849. The number of nitrogens with two attached hydrogens (primary N) is 1. The summed E-state index contributed by atoms with van der Waals surface area (Å²) in [7, 11) is 2.19. The number of para-hydroxylation sites is 1. The molecule has 2 N–H and O–H groups in total. The highest BCUT2D eigenvalue weighted by atomic mass is 15.1. The Bertz CT molecular complexity index is 387. The molecule has 0 aromatic heterocycles. The van der Waals surface area contributed by atoms with Crippen molar-refractivity contribution in [1.29, 1.82) is 0 Å². The topological polar surface area (TPSA) is 29.3 Å². The van der Waals surface area contributed by atoms with E-state index in [2.05, 4.69) is 44.0 Å². The second kappa shape index (κ2) is 4.99. The normalized spacial score (nSPS) is 24.6. The summed E-state index contributed by atoms with van der Waals surface area (Å²) in [6, 6.07) is 6.98. The van der Waals surface area contributed by atoms with Crippen molar-refractivity contribution in [1.82, 2.24) is 0 Å². The molecular formula is C15H24N2. The van der Waals surface area contributed by atoms with E-state index in [9.17, 15) is 0 Å². The maximum absolute atomic E-state index is 6.18. The van der Waals surface area contributed by atoms with Gasteiger partial charge in [-0.3, -0.25) is 0 Å². The first-order valence-corrected chi connectivity index (χ1v) is 6.67. The molecule has 1 aliphatic carbocycles. The first kappa shape index (κ1) is 12.3. The molecular weight excluding hydrogens is 208 g/mol. The standard InChI is InChI=1S/C15H24N2/c1-11-6-4-8-13(10-11)17(3)14-9-5-7-12(2)15(14)16/h5,7,9,11,13H,4,6,8,10,16H2,1-3H3. The van der Waals surface area contributed by atoms with Gasteiger partial charge in [0.05, 0.1) is 11.4 Å². The van der Waals surface area contributed by atoms with Gasteiger partial charge in [-0.25, -0.2) is 0 Å². The average molecular weight is 232 g/mol. The minimum Gasteiger partial charge on any atom is -0.397 e. The molecule has 0 saturated heterocycles. The molecule has 2 heteroatoms. The van der Waals surface area contributed by atoms with Crippen LogP contribution in [0.4, 0.5) is 11.4 Å². The monoisotopic (exact) mass is 232 g/mol. The Hall–Kier alpha value is -1.18. The highest BCUT2D eigenvalue weighted by Gasteiger charge is 2.23. The Balaban J connectivity index is 2.18. The Morgan fingerprint density at radius 1 is 1.29 bits per heavy atom. The molecule has 1 saturated carbocycles. The number of nitrogen functional groups attached to an aromatic ring is 1. The van der Waals surface area contributed by atoms with Crippen LogP contribution in [0.5, 0.6) is 0 Å². The van der Waals surface area contributed by atoms with Crippen LogP contribution in [-0.4, -0.2) is 13.1 Å². The predicted octanol–water partition coefficient (Wildman–Crippen LogP) is 3.59. The lowest BCUT2D eigenvalue weighted by molar-refractivity contribution is 0.336. The molecule has 1 aromatic carbocycles. The van der Waals surface area contributed by atoms with Gasteiger partial charge in [0, 0.05) is 13.1 Å². The molecule has 0 radical (unpaired) electrons. The number of rotatable bonds is 2. The Morgan fingerprint density at radius 2 is 2.06 bits per heavy atom. The van der Waals surface area contributed by atoms with Gasteiger partial charge >= 0.3 is 0 Å². The Morgan fingerprint density at radius 3 is 2.76 bits per heavy atom. The van der Waals surface area contributed by atoms with Crippen LogP contribution in [0.1, 0.15) is 38.2 Å². The molecule has 1 aromatic rings. The van der Waals surface area contributed by atoms with Crippen LogP contribution in [0.3, 0.4) is 0 Å². The van der Waals surface area contributed by atoms with Gasteiger partial charge in [-0.1, -0.05) is 31.9 Å². The van der Waals surface area contributed by atoms with E-state index in [1.54, 1.807) is 0 Å². The van der Waals surface area contributed by atoms with Crippen molar-refractivity contribution < 1.29 is 0 Å². The molecule has 0 bridgehead atoms. The van der Waals surface area contributed by atoms with Gasteiger partial charge < -0.3 is 10.6 Å². The molecule has 2 unspecified atom stereocenters. The quantitative estimate of drug-likeness (QED) is 0.790. The van der Waals surface area contributed by atoms with E-state index >= 15 is 0 Å². The molecule has 2 atom stereocenters. The Labute approximate surface area is 105 Å². The largest absolute Gasteiger partial charge is 0.397 e. The van der Waals surface area contributed by atoms with E-state index in [1.807, 2.05) is 0 Å². The zero-order chi connectivity index (χ0) is 12.4. The first-order valence-electron chi connectivity index (χ1n) is 6.67. The fraction of sp³-hybridized carbons (Fsp3) is 0.600. The van der Waals surface area contributed by atoms with E-state index < -0.39 is 0 Å². The van der Waals surface area contributed by atoms with Gasteiger partial charge in [-0.05, 0) is 37.3 Å². The number of hydrogen-bond donors (Lipinski definition) is 1. The van der Waals surface area contributed by atoms with E-state index in [1.165, 1.54) is 36.9 Å². The minimum atomic E-state index is 0.655. The third-order valence-corrected chi connectivity index (χ3v) is 4.14. The van der Waals surface area contributed by atoms with Gasteiger partial charge in [0.25, 0.3) is 0 Å². The molecule has 0 amide bonds. The molecule has 1 aliphatic rings. The third kappa shape index (κ3) is 2.56. The summed E-state index contributed by atoms with van der Waals surface area (Å²) in [5, 5.41) is 0. The zero-order valence-electron chi connectivity index (χ0n) is 11.2. The van der Waals surface area contributed by atoms with Gasteiger partial charge in [0.1, 0.15) is 0 Å². The average Bonchev–Trinajstić information content (AvgIpc) is 2.32. The molecule has 0 aliphatic heterocycles. The van der Waals surface area contributed by atoms with Gasteiger partial charge in [0.15, 0.2) is 0 Å². The lowest BCUT2D eigenvalue weighted by Gasteiger charge is -2.36. The fourth-order valence-corrected chi connectivity index (χ4v) is 2.92. The maximum Gasteiger partial charge on any atom is 0.0602 e. The Kier molecular flexibility index (Phi) is 3.60. The summed E-state index contributed by atoms with van der Waals surface area (Å²) in [5.41, 5.74) is 9.50. The SMILES string of the molecule is Cc1cccc(N(C)C2CCCC(C)C2)c1N. The van der Waals surface area contributed by atoms with Crippen molar-refractivity contribution in [2.75, 3.05) is 17.7 Å². The number of anilines is 2. The van der Waals surface area contributed by atoms with Crippen molar-refractivity contribution in [3.05, 3.63) is 23.8 Å². The van der Waals surface area contributed by atoms with Crippen molar-refractivity contribution in [2.45, 2.75) is 45.6 Å². The number of benzene rings is 1. The summed E-state index contributed by atoms with van der Waals surface area (Å²) in [6.07, 6.45) is 5.33. The molecule has 2 rings (SSSR count). The maximum atomic E-state index is 6.18. The molecule has 1 fully saturated rings. The zero-order valence-corrected chi connectivity index (χ0v) is 11.2. The summed E-state index contributed by atoms with van der Waals surface area (Å²) in [6.45, 7) is 4.44. The van der Waals surface area contributed by atoms with Gasteiger partial charge in [-0.2, -0.15) is 0 Å². The van der Waals surface area contributed by atoms with Crippen LogP contribution in [0, 0.1) is 12.8 Å². The molecule has 0 spiro atoms. The van der Waals surface area contributed by atoms with Gasteiger partial charge in [-0.15, -0.1) is 0 Å². The smallest absolute Gasteiger partial charge is 0.0602 e. The molecule has 94 valence electrons. The van der Waals surface area contributed by atoms with E-state index in [4.69, 9.17) is 5.73 Å². The minimum absolute atomic E-state index is 0.655. The number of aryl methyl sites for hydroxylation is 1. The lowest BCUT2D eigenvalue weighted by atomic mass is 9.86. The van der Waals surface area contributed by atoms with Crippen molar-refractivity contribution in [3.63, 3.8) is 0 Å². The molecule has 0 heterocycles. The van der Waals surface area contributed by atoms with Gasteiger partial charge in [0.2, 0.25) is 0 Å². The third-order valence-electron chi connectivity index (χ3n) is 4.14. The number of hydrogen-bond acceptors (Lipinski definition) is 2. The van der Waals surface area contributed by atoms with E-state index in [0.717, 1.165) is 11.6 Å². The summed E-state index contributed by atoms with van der Waals surface area (Å²) in [4.78, 5) is 2.39. The van der Waals surface area contributed by atoms with Crippen LogP contribution in [0.15, 0.2) is 18.2 Å². The van der Waals surface area contributed by atoms with Crippen LogP contribution < -0.4 is 10.6 Å². The predicted molar refractivity (Wildman–Crippen MR) is 75.4 cm³/mol. The molecule has 17 heavy (non-hydrogen) atoms. The van der Waals surface area contributed by atoms with Crippen molar-refractivity contribution in [2.24, 2.45) is 5.92 Å². The highest BCUT2D eigenvalue weighted by Crippen LogP contribution is 2.33. The van der Waals surface area contributed by atoms with Crippen molar-refractivity contribution >= 4 is 11.4 Å². The van der Waals surface area contributed by atoms with Crippen LogP contribution in [0.25, 0.3) is 0 Å². The van der Waals surface area contributed by atoms with E-state index in [-0.39, 0.29) is 0 Å². The second-order valence-corrected chi connectivity index (χ2v) is 5.54. The van der Waals surface area contributed by atoms with Crippen molar-refractivity contribution in [3.8, 4) is 0 Å². The van der Waals surface area contributed by atoms with Crippen LogP contribution in [0.2, 0.25) is 0 Å².